The Kier molecular flexibility index (Phi) is 6.13. The van der Waals surface area contributed by atoms with E-state index in [2.05, 4.69) is 5.32 Å². The predicted octanol–water partition coefficient (Wildman–Crippen LogP) is 2.88. The highest BCUT2D eigenvalue weighted by Gasteiger charge is 2.25. The molecule has 1 N–H and O–H groups in total. The van der Waals surface area contributed by atoms with E-state index in [1.807, 2.05) is 0 Å². The molecule has 2 nitrogen and oxygen atoms in total. The maximum atomic E-state index is 11.8. The van der Waals surface area contributed by atoms with Crippen molar-refractivity contribution in [2.45, 2.75) is 50.8 Å². The molecule has 1 heterocycles. The Balaban J connectivity index is 1.87. The number of hydrogen-bond acceptors (Lipinski definition) is 2. The summed E-state index contributed by atoms with van der Waals surface area (Å²) in [6.07, 6.45) is -0.246. The van der Waals surface area contributed by atoms with E-state index in [0.29, 0.717) is 13.0 Å². The molecule has 0 aliphatic carbocycles. The van der Waals surface area contributed by atoms with Gasteiger partial charge in [-0.15, -0.1) is 0 Å². The van der Waals surface area contributed by atoms with Crippen LogP contribution in [0.15, 0.2) is 0 Å². The molecule has 0 bridgehead atoms. The predicted molar refractivity (Wildman–Crippen MR) is 56.4 cm³/mol. The maximum absolute atomic E-state index is 11.8. The van der Waals surface area contributed by atoms with Crippen LogP contribution in [0, 0.1) is 0 Å². The largest absolute Gasteiger partial charge is 0.389 e. The van der Waals surface area contributed by atoms with E-state index in [-0.39, 0.29) is 12.5 Å². The standard InChI is InChI=1S/C11H20F3NO/c12-11(13,14)6-2-3-7-15-9-10-5-1-4-8-16-10/h10,15H,1-9H2. The second-order valence-corrected chi connectivity index (χ2v) is 4.26. The summed E-state index contributed by atoms with van der Waals surface area (Å²) in [6.45, 7) is 2.24. The Hall–Kier alpha value is -0.290. The zero-order chi connectivity index (χ0) is 11.9. The van der Waals surface area contributed by atoms with Crippen molar-refractivity contribution in [2.75, 3.05) is 19.7 Å². The molecule has 5 heteroatoms. The van der Waals surface area contributed by atoms with Gasteiger partial charge in [0.25, 0.3) is 0 Å². The van der Waals surface area contributed by atoms with Crippen LogP contribution in [-0.2, 0) is 4.74 Å². The van der Waals surface area contributed by atoms with Crippen molar-refractivity contribution >= 4 is 0 Å². The number of ether oxygens (including phenoxy) is 1. The monoisotopic (exact) mass is 239 g/mol. The van der Waals surface area contributed by atoms with Crippen molar-refractivity contribution in [3.8, 4) is 0 Å². The van der Waals surface area contributed by atoms with Crippen LogP contribution in [0.4, 0.5) is 13.2 Å². The van der Waals surface area contributed by atoms with E-state index in [9.17, 15) is 13.2 Å². The van der Waals surface area contributed by atoms with Crippen molar-refractivity contribution < 1.29 is 17.9 Å². The average Bonchev–Trinajstić information content (AvgIpc) is 2.23. The average molecular weight is 239 g/mol. The summed E-state index contributed by atoms with van der Waals surface area (Å²) in [5.74, 6) is 0. The van der Waals surface area contributed by atoms with Gasteiger partial charge in [0, 0.05) is 19.6 Å². The van der Waals surface area contributed by atoms with Gasteiger partial charge in [-0.1, -0.05) is 0 Å². The van der Waals surface area contributed by atoms with Crippen LogP contribution in [0.5, 0.6) is 0 Å². The molecule has 0 spiro atoms. The van der Waals surface area contributed by atoms with Crippen molar-refractivity contribution in [1.82, 2.24) is 5.32 Å². The van der Waals surface area contributed by atoms with Gasteiger partial charge in [0.2, 0.25) is 0 Å². The van der Waals surface area contributed by atoms with Crippen LogP contribution >= 0.6 is 0 Å². The third kappa shape index (κ3) is 7.06. The van der Waals surface area contributed by atoms with Gasteiger partial charge in [-0.25, -0.2) is 0 Å². The molecule has 0 aromatic carbocycles. The fraction of sp³-hybridized carbons (Fsp3) is 1.00. The van der Waals surface area contributed by atoms with E-state index in [4.69, 9.17) is 4.74 Å². The molecule has 1 aliphatic rings. The molecule has 1 unspecified atom stereocenters. The number of hydrogen-bond donors (Lipinski definition) is 1. The van der Waals surface area contributed by atoms with Crippen LogP contribution in [0.3, 0.4) is 0 Å². The minimum Gasteiger partial charge on any atom is -0.377 e. The lowest BCUT2D eigenvalue weighted by atomic mass is 10.1. The molecule has 1 fully saturated rings. The topological polar surface area (TPSA) is 21.3 Å². The highest BCUT2D eigenvalue weighted by molar-refractivity contribution is 4.66. The Labute approximate surface area is 94.5 Å². The summed E-state index contributed by atoms with van der Waals surface area (Å²) in [4.78, 5) is 0. The zero-order valence-electron chi connectivity index (χ0n) is 9.48. The van der Waals surface area contributed by atoms with Crippen LogP contribution in [0.25, 0.3) is 0 Å². The molecular weight excluding hydrogens is 219 g/mol. The SMILES string of the molecule is FC(F)(F)CCCCNCC1CCCCO1. The number of unbranched alkanes of at least 4 members (excludes halogenated alkanes) is 1. The molecule has 0 radical (unpaired) electrons. The van der Waals surface area contributed by atoms with Gasteiger partial charge in [-0.05, 0) is 38.6 Å². The molecule has 1 aliphatic heterocycles. The Morgan fingerprint density at radius 3 is 2.62 bits per heavy atom. The van der Waals surface area contributed by atoms with Crippen LogP contribution in [0.1, 0.15) is 38.5 Å². The highest BCUT2D eigenvalue weighted by Crippen LogP contribution is 2.21. The smallest absolute Gasteiger partial charge is 0.377 e. The number of rotatable bonds is 6. The van der Waals surface area contributed by atoms with Gasteiger partial charge >= 0.3 is 6.18 Å². The lowest BCUT2D eigenvalue weighted by Crippen LogP contribution is -2.32. The highest BCUT2D eigenvalue weighted by atomic mass is 19.4. The Morgan fingerprint density at radius 2 is 2.00 bits per heavy atom. The molecule has 0 amide bonds. The summed E-state index contributed by atoms with van der Waals surface area (Å²) in [7, 11) is 0. The second kappa shape index (κ2) is 7.12. The van der Waals surface area contributed by atoms with Crippen molar-refractivity contribution in [1.29, 1.82) is 0 Å². The van der Waals surface area contributed by atoms with Crippen molar-refractivity contribution in [2.24, 2.45) is 0 Å². The van der Waals surface area contributed by atoms with Gasteiger partial charge in [0.15, 0.2) is 0 Å². The molecule has 1 rings (SSSR count). The number of nitrogens with one attached hydrogen (secondary N) is 1. The molecule has 96 valence electrons. The quantitative estimate of drug-likeness (QED) is 0.720. The third-order valence-corrected chi connectivity index (χ3v) is 2.71. The first-order valence-corrected chi connectivity index (χ1v) is 5.97. The zero-order valence-corrected chi connectivity index (χ0v) is 9.48. The molecule has 1 atom stereocenters. The lowest BCUT2D eigenvalue weighted by Gasteiger charge is -2.22. The van der Waals surface area contributed by atoms with E-state index in [1.165, 1.54) is 6.42 Å². The first-order chi connectivity index (χ1) is 7.58. The van der Waals surface area contributed by atoms with Gasteiger partial charge in [-0.3, -0.25) is 0 Å². The molecule has 16 heavy (non-hydrogen) atoms. The number of halogens is 3. The van der Waals surface area contributed by atoms with E-state index in [1.54, 1.807) is 0 Å². The maximum Gasteiger partial charge on any atom is 0.389 e. The fourth-order valence-corrected chi connectivity index (χ4v) is 1.81. The summed E-state index contributed by atoms with van der Waals surface area (Å²) in [5, 5.41) is 3.15. The minimum absolute atomic E-state index is 0.210. The molecule has 0 saturated carbocycles. The van der Waals surface area contributed by atoms with E-state index < -0.39 is 12.6 Å². The van der Waals surface area contributed by atoms with Crippen LogP contribution < -0.4 is 5.32 Å². The second-order valence-electron chi connectivity index (χ2n) is 4.26. The summed E-state index contributed by atoms with van der Waals surface area (Å²) < 4.78 is 40.9. The summed E-state index contributed by atoms with van der Waals surface area (Å²) >= 11 is 0. The first kappa shape index (κ1) is 13.8. The fourth-order valence-electron chi connectivity index (χ4n) is 1.81. The van der Waals surface area contributed by atoms with Crippen LogP contribution in [0.2, 0.25) is 0 Å². The van der Waals surface area contributed by atoms with E-state index >= 15 is 0 Å². The Bertz CT molecular complexity index is 179. The van der Waals surface area contributed by atoms with Gasteiger partial charge in [0.05, 0.1) is 6.10 Å². The van der Waals surface area contributed by atoms with Gasteiger partial charge < -0.3 is 10.1 Å². The summed E-state index contributed by atoms with van der Waals surface area (Å²) in [5.41, 5.74) is 0. The molecule has 0 aromatic heterocycles. The van der Waals surface area contributed by atoms with E-state index in [0.717, 1.165) is 26.0 Å². The number of alkyl halides is 3. The normalized spacial score (nSPS) is 22.3. The van der Waals surface area contributed by atoms with Crippen molar-refractivity contribution in [3.05, 3.63) is 0 Å². The van der Waals surface area contributed by atoms with Gasteiger partial charge in [0.1, 0.15) is 0 Å². The molecule has 0 aromatic rings. The van der Waals surface area contributed by atoms with Gasteiger partial charge in [-0.2, -0.15) is 13.2 Å². The summed E-state index contributed by atoms with van der Waals surface area (Å²) in [6, 6.07) is 0. The van der Waals surface area contributed by atoms with Crippen LogP contribution in [-0.4, -0.2) is 32.0 Å². The van der Waals surface area contributed by atoms with Crippen molar-refractivity contribution in [3.63, 3.8) is 0 Å². The minimum atomic E-state index is -4.01. The lowest BCUT2D eigenvalue weighted by molar-refractivity contribution is -0.135. The third-order valence-electron chi connectivity index (χ3n) is 2.71. The Morgan fingerprint density at radius 1 is 1.19 bits per heavy atom. The molecular formula is C11H20F3NO. The molecule has 1 saturated heterocycles. The first-order valence-electron chi connectivity index (χ1n) is 5.97.